The summed E-state index contributed by atoms with van der Waals surface area (Å²) in [5, 5.41) is 0.940. The van der Waals surface area contributed by atoms with Crippen LogP contribution in [0.4, 0.5) is 0 Å². The highest BCUT2D eigenvalue weighted by molar-refractivity contribution is 7.93. The van der Waals surface area contributed by atoms with Crippen LogP contribution < -0.4 is 5.32 Å². The van der Waals surface area contributed by atoms with E-state index >= 15 is 0 Å². The maximum Gasteiger partial charge on any atom is 0.324 e. The number of amides is 1. The standard InChI is InChI=1S/C15H27NO5S/c1-11(2)22(19,20)12(3)15(18)21-10-14(17)16-13-8-6-4-5-7-9-13/h11-13H,4-10H2,1-3H3,(H,16,17)/t12-/m1/s1. The van der Waals surface area contributed by atoms with Crippen molar-refractivity contribution >= 4 is 21.7 Å². The van der Waals surface area contributed by atoms with Gasteiger partial charge in [-0.25, -0.2) is 8.42 Å². The fourth-order valence-corrected chi connectivity index (χ4v) is 3.64. The molecule has 0 aromatic carbocycles. The van der Waals surface area contributed by atoms with Gasteiger partial charge in [0.1, 0.15) is 0 Å². The van der Waals surface area contributed by atoms with Crippen LogP contribution in [0.3, 0.4) is 0 Å². The zero-order valence-corrected chi connectivity index (χ0v) is 14.4. The maximum atomic E-state index is 11.9. The van der Waals surface area contributed by atoms with E-state index in [4.69, 9.17) is 4.74 Å². The molecule has 0 aromatic heterocycles. The van der Waals surface area contributed by atoms with Gasteiger partial charge in [0.2, 0.25) is 0 Å². The summed E-state index contributed by atoms with van der Waals surface area (Å²) in [4.78, 5) is 23.6. The third-order valence-electron chi connectivity index (χ3n) is 4.05. The Kier molecular flexibility index (Phi) is 7.32. The second kappa shape index (κ2) is 8.50. The number of hydrogen-bond acceptors (Lipinski definition) is 5. The molecular weight excluding hydrogens is 306 g/mol. The van der Waals surface area contributed by atoms with Gasteiger partial charge < -0.3 is 10.1 Å². The number of esters is 1. The molecule has 1 aliphatic rings. The van der Waals surface area contributed by atoms with E-state index in [1.165, 1.54) is 33.6 Å². The lowest BCUT2D eigenvalue weighted by Crippen LogP contribution is -2.39. The predicted octanol–water partition coefficient (Wildman–Crippen LogP) is 1.58. The van der Waals surface area contributed by atoms with Gasteiger partial charge in [-0.3, -0.25) is 9.59 Å². The van der Waals surface area contributed by atoms with E-state index in [9.17, 15) is 18.0 Å². The highest BCUT2D eigenvalue weighted by atomic mass is 32.2. The van der Waals surface area contributed by atoms with E-state index in [1.54, 1.807) is 0 Å². The maximum absolute atomic E-state index is 11.9. The Balaban J connectivity index is 2.41. The van der Waals surface area contributed by atoms with Gasteiger partial charge in [-0.05, 0) is 33.6 Å². The summed E-state index contributed by atoms with van der Waals surface area (Å²) in [6.07, 6.45) is 6.44. The summed E-state index contributed by atoms with van der Waals surface area (Å²) in [6, 6.07) is 0.130. The van der Waals surface area contributed by atoms with Gasteiger partial charge in [0.05, 0.1) is 5.25 Å². The Bertz CT molecular complexity index is 478. The molecule has 0 saturated heterocycles. The summed E-state index contributed by atoms with van der Waals surface area (Å²) >= 11 is 0. The molecule has 0 spiro atoms. The van der Waals surface area contributed by atoms with Crippen LogP contribution in [0.2, 0.25) is 0 Å². The molecule has 1 rings (SSSR count). The first-order valence-electron chi connectivity index (χ1n) is 7.94. The summed E-state index contributed by atoms with van der Waals surface area (Å²) in [5.74, 6) is -1.24. The minimum absolute atomic E-state index is 0.130. The van der Waals surface area contributed by atoms with Crippen molar-refractivity contribution in [1.82, 2.24) is 5.32 Å². The minimum Gasteiger partial charge on any atom is -0.455 e. The Labute approximate surface area is 132 Å². The van der Waals surface area contributed by atoms with Gasteiger partial charge in [-0.2, -0.15) is 0 Å². The number of rotatable bonds is 6. The van der Waals surface area contributed by atoms with Gasteiger partial charge in [0.25, 0.3) is 5.91 Å². The molecule has 0 radical (unpaired) electrons. The number of nitrogens with one attached hydrogen (secondary N) is 1. The molecule has 1 N–H and O–H groups in total. The van der Waals surface area contributed by atoms with Crippen molar-refractivity contribution in [3.8, 4) is 0 Å². The predicted molar refractivity (Wildman–Crippen MR) is 84.1 cm³/mol. The summed E-state index contributed by atoms with van der Waals surface area (Å²) in [6.45, 7) is 3.89. The van der Waals surface area contributed by atoms with E-state index in [2.05, 4.69) is 5.32 Å². The number of hydrogen-bond donors (Lipinski definition) is 1. The van der Waals surface area contributed by atoms with Crippen molar-refractivity contribution in [2.75, 3.05) is 6.61 Å². The summed E-state index contributed by atoms with van der Waals surface area (Å²) in [7, 11) is -3.56. The first kappa shape index (κ1) is 18.9. The molecule has 1 atom stereocenters. The Hall–Kier alpha value is -1.11. The lowest BCUT2D eigenvalue weighted by Gasteiger charge is -2.17. The van der Waals surface area contributed by atoms with E-state index in [1.807, 2.05) is 0 Å². The lowest BCUT2D eigenvalue weighted by molar-refractivity contribution is -0.148. The number of sulfone groups is 1. The SMILES string of the molecule is CC(C)S(=O)(=O)[C@H](C)C(=O)OCC(=O)NC1CCCCCC1. The lowest BCUT2D eigenvalue weighted by atomic mass is 10.1. The molecule has 0 bridgehead atoms. The second-order valence-corrected chi connectivity index (χ2v) is 8.97. The Morgan fingerprint density at radius 3 is 2.14 bits per heavy atom. The van der Waals surface area contributed by atoms with Crippen LogP contribution in [0.5, 0.6) is 0 Å². The number of carbonyl (C=O) groups is 2. The number of carbonyl (C=O) groups excluding carboxylic acids is 2. The highest BCUT2D eigenvalue weighted by Gasteiger charge is 2.32. The Morgan fingerprint density at radius 1 is 1.09 bits per heavy atom. The smallest absolute Gasteiger partial charge is 0.324 e. The van der Waals surface area contributed by atoms with E-state index < -0.39 is 32.9 Å². The van der Waals surface area contributed by atoms with Crippen molar-refractivity contribution in [3.63, 3.8) is 0 Å². The van der Waals surface area contributed by atoms with Crippen LogP contribution in [0.25, 0.3) is 0 Å². The van der Waals surface area contributed by atoms with E-state index in [-0.39, 0.29) is 11.9 Å². The van der Waals surface area contributed by atoms with Gasteiger partial charge in [-0.15, -0.1) is 0 Å². The second-order valence-electron chi connectivity index (χ2n) is 6.14. The monoisotopic (exact) mass is 333 g/mol. The van der Waals surface area contributed by atoms with Crippen LogP contribution in [-0.4, -0.2) is 43.4 Å². The molecule has 0 heterocycles. The molecular formula is C15H27NO5S. The average molecular weight is 333 g/mol. The molecule has 1 aliphatic carbocycles. The quantitative estimate of drug-likeness (QED) is 0.589. The van der Waals surface area contributed by atoms with Crippen LogP contribution >= 0.6 is 0 Å². The zero-order chi connectivity index (χ0) is 16.8. The van der Waals surface area contributed by atoms with E-state index in [0.29, 0.717) is 0 Å². The first-order valence-corrected chi connectivity index (χ1v) is 9.54. The van der Waals surface area contributed by atoms with Crippen molar-refractivity contribution < 1.29 is 22.7 Å². The third kappa shape index (κ3) is 5.59. The molecule has 7 heteroatoms. The molecule has 0 aromatic rings. The van der Waals surface area contributed by atoms with Gasteiger partial charge in [0, 0.05) is 6.04 Å². The molecule has 1 fully saturated rings. The molecule has 22 heavy (non-hydrogen) atoms. The van der Waals surface area contributed by atoms with Crippen LogP contribution in [0, 0.1) is 0 Å². The molecule has 0 unspecified atom stereocenters. The molecule has 128 valence electrons. The topological polar surface area (TPSA) is 89.5 Å². The van der Waals surface area contributed by atoms with E-state index in [0.717, 1.165) is 25.7 Å². The largest absolute Gasteiger partial charge is 0.455 e. The van der Waals surface area contributed by atoms with Crippen molar-refractivity contribution in [3.05, 3.63) is 0 Å². The highest BCUT2D eigenvalue weighted by Crippen LogP contribution is 2.17. The average Bonchev–Trinajstić information content (AvgIpc) is 2.72. The van der Waals surface area contributed by atoms with Crippen molar-refractivity contribution in [1.29, 1.82) is 0 Å². The van der Waals surface area contributed by atoms with Crippen molar-refractivity contribution in [2.45, 2.75) is 75.8 Å². The Morgan fingerprint density at radius 2 is 1.64 bits per heavy atom. The summed E-state index contributed by atoms with van der Waals surface area (Å²) < 4.78 is 28.6. The third-order valence-corrected chi connectivity index (χ3v) is 6.54. The van der Waals surface area contributed by atoms with Gasteiger partial charge in [-0.1, -0.05) is 25.7 Å². The van der Waals surface area contributed by atoms with Gasteiger partial charge >= 0.3 is 5.97 Å². The normalized spacial score (nSPS) is 18.5. The van der Waals surface area contributed by atoms with Crippen LogP contribution in [0.1, 0.15) is 59.3 Å². The number of ether oxygens (including phenoxy) is 1. The van der Waals surface area contributed by atoms with Gasteiger partial charge in [0.15, 0.2) is 21.7 Å². The first-order chi connectivity index (χ1) is 10.2. The minimum atomic E-state index is -3.56. The van der Waals surface area contributed by atoms with Crippen LogP contribution in [0.15, 0.2) is 0 Å². The molecule has 0 aliphatic heterocycles. The van der Waals surface area contributed by atoms with Crippen molar-refractivity contribution in [2.24, 2.45) is 0 Å². The summed E-state index contributed by atoms with van der Waals surface area (Å²) in [5.41, 5.74) is 0. The zero-order valence-electron chi connectivity index (χ0n) is 13.6. The fourth-order valence-electron chi connectivity index (χ4n) is 2.49. The molecule has 6 nitrogen and oxygen atoms in total. The molecule has 1 saturated carbocycles. The molecule has 1 amide bonds. The van der Waals surface area contributed by atoms with Crippen LogP contribution in [-0.2, 0) is 24.2 Å². The fraction of sp³-hybridized carbons (Fsp3) is 0.867.